The number of para-hydroxylation sites is 2. The van der Waals surface area contributed by atoms with Crippen LogP contribution in [0.5, 0.6) is 5.75 Å². The molecule has 3 aromatic carbocycles. The van der Waals surface area contributed by atoms with E-state index in [2.05, 4.69) is 5.32 Å². The highest BCUT2D eigenvalue weighted by molar-refractivity contribution is 7.92. The van der Waals surface area contributed by atoms with Crippen LogP contribution in [0.15, 0.2) is 71.6 Å². The highest BCUT2D eigenvalue weighted by atomic mass is 35.5. The Labute approximate surface area is 187 Å². The second kappa shape index (κ2) is 9.41. The first-order chi connectivity index (χ1) is 14.7. The third-order valence-corrected chi connectivity index (χ3v) is 6.73. The molecule has 0 spiro atoms. The number of ether oxygens (including phenoxy) is 1. The van der Waals surface area contributed by atoms with E-state index in [9.17, 15) is 13.2 Å². The molecule has 6 nitrogen and oxygen atoms in total. The quantitative estimate of drug-likeness (QED) is 0.551. The molecule has 3 aromatic rings. The number of aryl methyl sites for hydroxylation is 2. The summed E-state index contributed by atoms with van der Waals surface area (Å²) in [6, 6.07) is 18.2. The van der Waals surface area contributed by atoms with Gasteiger partial charge in [-0.05, 0) is 55.8 Å². The lowest BCUT2D eigenvalue weighted by molar-refractivity contribution is -0.114. The van der Waals surface area contributed by atoms with Gasteiger partial charge in [-0.25, -0.2) is 8.42 Å². The molecule has 0 heterocycles. The Morgan fingerprint density at radius 3 is 2.39 bits per heavy atom. The molecule has 3 rings (SSSR count). The van der Waals surface area contributed by atoms with E-state index in [1.807, 2.05) is 13.8 Å². The third-order valence-electron chi connectivity index (χ3n) is 4.72. The van der Waals surface area contributed by atoms with Gasteiger partial charge < -0.3 is 10.1 Å². The van der Waals surface area contributed by atoms with Gasteiger partial charge in [0, 0.05) is 10.7 Å². The van der Waals surface area contributed by atoms with Gasteiger partial charge in [-0.2, -0.15) is 0 Å². The molecule has 1 amide bonds. The number of hydrogen-bond donors (Lipinski definition) is 1. The van der Waals surface area contributed by atoms with Gasteiger partial charge in [-0.1, -0.05) is 47.5 Å². The van der Waals surface area contributed by atoms with Crippen LogP contribution in [-0.4, -0.2) is 28.0 Å². The van der Waals surface area contributed by atoms with Crippen molar-refractivity contribution in [3.05, 3.63) is 82.9 Å². The molecule has 0 radical (unpaired) electrons. The van der Waals surface area contributed by atoms with E-state index in [4.69, 9.17) is 16.3 Å². The molecule has 0 unspecified atom stereocenters. The van der Waals surface area contributed by atoms with Crippen LogP contribution in [0.2, 0.25) is 5.02 Å². The van der Waals surface area contributed by atoms with Crippen LogP contribution >= 0.6 is 11.6 Å². The topological polar surface area (TPSA) is 75.7 Å². The molecular weight excluding hydrogens is 436 g/mol. The summed E-state index contributed by atoms with van der Waals surface area (Å²) in [6.45, 7) is 3.25. The number of halogens is 1. The fraction of sp³-hybridized carbons (Fsp3) is 0.174. The lowest BCUT2D eigenvalue weighted by Gasteiger charge is -2.25. The predicted molar refractivity (Wildman–Crippen MR) is 124 cm³/mol. The highest BCUT2D eigenvalue weighted by Gasteiger charge is 2.29. The first-order valence-corrected chi connectivity index (χ1v) is 11.3. The normalized spacial score (nSPS) is 11.1. The Morgan fingerprint density at radius 1 is 1.03 bits per heavy atom. The number of carbonyl (C=O) groups excluding carboxylic acids is 1. The number of methoxy groups -OCH3 is 1. The van der Waals surface area contributed by atoms with Gasteiger partial charge in [-0.3, -0.25) is 9.10 Å². The Balaban J connectivity index is 2.01. The fourth-order valence-corrected chi connectivity index (χ4v) is 4.63. The number of benzene rings is 3. The van der Waals surface area contributed by atoms with Crippen molar-refractivity contribution in [3.8, 4) is 5.75 Å². The predicted octanol–water partition coefficient (Wildman–Crippen LogP) is 4.80. The standard InChI is InChI=1S/C23H23ClN2O4S/c1-16-8-12-19(13-9-16)31(28,29)26(21-6-4-5-7-22(21)30-3)15-23(27)25-20-14-18(24)11-10-17(20)2/h4-14H,15H2,1-3H3,(H,25,27). The van der Waals surface area contributed by atoms with Crippen molar-refractivity contribution >= 4 is 38.9 Å². The molecule has 0 saturated heterocycles. The van der Waals surface area contributed by atoms with E-state index in [-0.39, 0.29) is 10.6 Å². The number of nitrogens with one attached hydrogen (secondary N) is 1. The number of amides is 1. The second-order valence-corrected chi connectivity index (χ2v) is 9.30. The van der Waals surface area contributed by atoms with E-state index < -0.39 is 22.5 Å². The first-order valence-electron chi connectivity index (χ1n) is 9.51. The molecule has 0 aromatic heterocycles. The lowest BCUT2D eigenvalue weighted by Crippen LogP contribution is -2.38. The van der Waals surface area contributed by atoms with Crippen LogP contribution in [0, 0.1) is 13.8 Å². The van der Waals surface area contributed by atoms with Crippen LogP contribution in [0.25, 0.3) is 0 Å². The van der Waals surface area contributed by atoms with Gasteiger partial charge in [0.05, 0.1) is 17.7 Å². The lowest BCUT2D eigenvalue weighted by atomic mass is 10.2. The number of nitrogens with zero attached hydrogens (tertiary/aromatic N) is 1. The van der Waals surface area contributed by atoms with Gasteiger partial charge in [0.1, 0.15) is 12.3 Å². The average molecular weight is 459 g/mol. The second-order valence-electron chi connectivity index (χ2n) is 7.00. The zero-order valence-corrected chi connectivity index (χ0v) is 19.0. The molecular formula is C23H23ClN2O4S. The Kier molecular flexibility index (Phi) is 6.87. The smallest absolute Gasteiger partial charge is 0.264 e. The van der Waals surface area contributed by atoms with Crippen molar-refractivity contribution in [2.75, 3.05) is 23.3 Å². The van der Waals surface area contributed by atoms with E-state index in [0.29, 0.717) is 16.5 Å². The fourth-order valence-electron chi connectivity index (χ4n) is 3.02. The SMILES string of the molecule is COc1ccccc1N(CC(=O)Nc1cc(Cl)ccc1C)S(=O)(=O)c1ccc(C)cc1. The van der Waals surface area contributed by atoms with Crippen molar-refractivity contribution in [2.24, 2.45) is 0 Å². The molecule has 31 heavy (non-hydrogen) atoms. The maximum Gasteiger partial charge on any atom is 0.264 e. The minimum absolute atomic E-state index is 0.0794. The summed E-state index contributed by atoms with van der Waals surface area (Å²) in [6.07, 6.45) is 0. The van der Waals surface area contributed by atoms with Crippen LogP contribution in [-0.2, 0) is 14.8 Å². The van der Waals surface area contributed by atoms with Crippen molar-refractivity contribution in [1.82, 2.24) is 0 Å². The highest BCUT2D eigenvalue weighted by Crippen LogP contribution is 2.32. The molecule has 0 fully saturated rings. The van der Waals surface area contributed by atoms with Gasteiger partial charge in [0.2, 0.25) is 5.91 Å². The zero-order chi connectivity index (χ0) is 22.6. The molecule has 0 aliphatic rings. The molecule has 0 bridgehead atoms. The van der Waals surface area contributed by atoms with Gasteiger partial charge in [-0.15, -0.1) is 0 Å². The molecule has 0 aliphatic heterocycles. The average Bonchev–Trinajstić information content (AvgIpc) is 2.75. The summed E-state index contributed by atoms with van der Waals surface area (Å²) in [5.74, 6) is -0.170. The minimum Gasteiger partial charge on any atom is -0.495 e. The van der Waals surface area contributed by atoms with Crippen molar-refractivity contribution in [2.45, 2.75) is 18.7 Å². The van der Waals surface area contributed by atoms with E-state index in [1.165, 1.54) is 19.2 Å². The molecule has 0 atom stereocenters. The molecule has 0 aliphatic carbocycles. The Morgan fingerprint density at radius 2 is 1.71 bits per heavy atom. The number of sulfonamides is 1. The molecule has 0 saturated carbocycles. The number of anilines is 2. The minimum atomic E-state index is -4.04. The van der Waals surface area contributed by atoms with Crippen molar-refractivity contribution in [1.29, 1.82) is 0 Å². The Hall–Kier alpha value is -3.03. The molecule has 1 N–H and O–H groups in total. The molecule has 8 heteroatoms. The summed E-state index contributed by atoms with van der Waals surface area (Å²) in [4.78, 5) is 13.0. The van der Waals surface area contributed by atoms with E-state index >= 15 is 0 Å². The van der Waals surface area contributed by atoms with Crippen LogP contribution in [0.1, 0.15) is 11.1 Å². The van der Waals surface area contributed by atoms with Crippen molar-refractivity contribution in [3.63, 3.8) is 0 Å². The number of carbonyl (C=O) groups is 1. The summed E-state index contributed by atoms with van der Waals surface area (Å²) < 4.78 is 33.4. The number of rotatable bonds is 7. The zero-order valence-electron chi connectivity index (χ0n) is 17.4. The maximum atomic E-state index is 13.5. The van der Waals surface area contributed by atoms with Gasteiger partial charge in [0.15, 0.2) is 0 Å². The monoisotopic (exact) mass is 458 g/mol. The maximum absolute atomic E-state index is 13.5. The van der Waals surface area contributed by atoms with E-state index in [0.717, 1.165) is 15.4 Å². The van der Waals surface area contributed by atoms with Gasteiger partial charge in [0.25, 0.3) is 10.0 Å². The summed E-state index contributed by atoms with van der Waals surface area (Å²) >= 11 is 6.03. The van der Waals surface area contributed by atoms with Crippen LogP contribution < -0.4 is 14.4 Å². The van der Waals surface area contributed by atoms with Gasteiger partial charge >= 0.3 is 0 Å². The summed E-state index contributed by atoms with van der Waals surface area (Å²) in [5.41, 5.74) is 2.52. The van der Waals surface area contributed by atoms with Crippen LogP contribution in [0.3, 0.4) is 0 Å². The Bertz CT molecular complexity index is 1190. The van der Waals surface area contributed by atoms with E-state index in [1.54, 1.807) is 54.6 Å². The molecule has 162 valence electrons. The first kappa shape index (κ1) is 22.7. The largest absolute Gasteiger partial charge is 0.495 e. The third kappa shape index (κ3) is 5.18. The van der Waals surface area contributed by atoms with Crippen molar-refractivity contribution < 1.29 is 17.9 Å². The number of hydrogen-bond acceptors (Lipinski definition) is 4. The van der Waals surface area contributed by atoms with Crippen LogP contribution in [0.4, 0.5) is 11.4 Å². The summed E-state index contributed by atoms with van der Waals surface area (Å²) in [7, 11) is -2.59. The summed E-state index contributed by atoms with van der Waals surface area (Å²) in [5, 5.41) is 3.22.